The Morgan fingerprint density at radius 1 is 1.00 bits per heavy atom. The number of aromatic nitrogens is 1. The number of pyridine rings is 1. The lowest BCUT2D eigenvalue weighted by molar-refractivity contribution is -0.139. The minimum absolute atomic E-state index is 0.0429. The maximum Gasteiger partial charge on any atom is 0.416 e. The van der Waals surface area contributed by atoms with Crippen molar-refractivity contribution in [1.82, 2.24) is 15.2 Å². The van der Waals surface area contributed by atoms with Crippen molar-refractivity contribution in [1.29, 1.82) is 0 Å². The number of ether oxygens (including phenoxy) is 1. The predicted molar refractivity (Wildman–Crippen MR) is 127 cm³/mol. The number of piperidine rings is 1. The molecule has 0 radical (unpaired) electrons. The molecule has 8 heteroatoms. The number of nitrogens with one attached hydrogen (secondary N) is 1. The Kier molecular flexibility index (Phi) is 8.02. The van der Waals surface area contributed by atoms with Crippen LogP contribution in [0.25, 0.3) is 0 Å². The molecule has 2 heterocycles. The Hall–Kier alpha value is -3.39. The molecule has 0 bridgehead atoms. The highest BCUT2D eigenvalue weighted by molar-refractivity contribution is 5.80. The standard InChI is InChI=1S/C27H28F3N3O2/c28-27(29,30)22-11-9-20(10-12-22)25(24-8-4-5-15-32-24)33(26(34)21-13-16-31-17-14-21)18-19-35-23-6-2-1-3-7-23/h1-12,15,21,25,31H,13-14,16-19H2/t25-/m0/s1. The molecule has 0 aliphatic carbocycles. The molecule has 5 nitrogen and oxygen atoms in total. The van der Waals surface area contributed by atoms with Crippen molar-refractivity contribution < 1.29 is 22.7 Å². The van der Waals surface area contributed by atoms with Crippen molar-refractivity contribution in [3.8, 4) is 5.75 Å². The summed E-state index contributed by atoms with van der Waals surface area (Å²) in [6.45, 7) is 2.00. The first-order chi connectivity index (χ1) is 16.9. The van der Waals surface area contributed by atoms with Gasteiger partial charge in [-0.2, -0.15) is 13.2 Å². The molecule has 0 spiro atoms. The topological polar surface area (TPSA) is 54.5 Å². The Morgan fingerprint density at radius 3 is 2.31 bits per heavy atom. The number of nitrogens with zero attached hydrogens (tertiary/aromatic N) is 2. The Labute approximate surface area is 202 Å². The first kappa shape index (κ1) is 24.7. The molecule has 2 aromatic carbocycles. The fourth-order valence-electron chi connectivity index (χ4n) is 4.35. The minimum atomic E-state index is -4.44. The number of hydrogen-bond donors (Lipinski definition) is 1. The third-order valence-electron chi connectivity index (χ3n) is 6.15. The second-order valence-electron chi connectivity index (χ2n) is 8.49. The van der Waals surface area contributed by atoms with Gasteiger partial charge in [-0.05, 0) is 67.9 Å². The van der Waals surface area contributed by atoms with Gasteiger partial charge in [0.2, 0.25) is 5.91 Å². The number of alkyl halides is 3. The maximum atomic E-state index is 13.8. The molecule has 1 aliphatic heterocycles. The summed E-state index contributed by atoms with van der Waals surface area (Å²) in [5.41, 5.74) is 0.428. The van der Waals surface area contributed by atoms with Crippen LogP contribution in [-0.4, -0.2) is 42.0 Å². The Morgan fingerprint density at radius 2 is 1.69 bits per heavy atom. The number of halogens is 3. The largest absolute Gasteiger partial charge is 0.492 e. The van der Waals surface area contributed by atoms with E-state index in [0.29, 0.717) is 29.8 Å². The molecule has 1 amide bonds. The van der Waals surface area contributed by atoms with Crippen LogP contribution in [0.5, 0.6) is 5.75 Å². The van der Waals surface area contributed by atoms with Crippen LogP contribution < -0.4 is 10.1 Å². The van der Waals surface area contributed by atoms with Crippen molar-refractivity contribution >= 4 is 5.91 Å². The van der Waals surface area contributed by atoms with E-state index in [1.54, 1.807) is 23.2 Å². The summed E-state index contributed by atoms with van der Waals surface area (Å²) in [5, 5.41) is 3.27. The molecular weight excluding hydrogens is 455 g/mol. The smallest absolute Gasteiger partial charge is 0.416 e. The second-order valence-corrected chi connectivity index (χ2v) is 8.49. The number of carbonyl (C=O) groups excluding carboxylic acids is 1. The first-order valence-electron chi connectivity index (χ1n) is 11.7. The van der Waals surface area contributed by atoms with Gasteiger partial charge >= 0.3 is 6.18 Å². The predicted octanol–water partition coefficient (Wildman–Crippen LogP) is 5.10. The molecular formula is C27H28F3N3O2. The molecule has 184 valence electrons. The lowest BCUT2D eigenvalue weighted by atomic mass is 9.93. The molecule has 0 unspecified atom stereocenters. The van der Waals surface area contributed by atoms with E-state index in [1.165, 1.54) is 12.1 Å². The van der Waals surface area contributed by atoms with Gasteiger partial charge in [0.05, 0.1) is 23.8 Å². The van der Waals surface area contributed by atoms with E-state index in [0.717, 1.165) is 25.2 Å². The number of rotatable bonds is 8. The summed E-state index contributed by atoms with van der Waals surface area (Å²) in [7, 11) is 0. The van der Waals surface area contributed by atoms with E-state index in [1.807, 2.05) is 36.4 Å². The van der Waals surface area contributed by atoms with Crippen LogP contribution in [0, 0.1) is 5.92 Å². The average molecular weight is 484 g/mol. The van der Waals surface area contributed by atoms with Crippen molar-refractivity contribution in [3.05, 3.63) is 95.8 Å². The Balaban J connectivity index is 1.67. The molecule has 1 aromatic heterocycles. The summed E-state index contributed by atoms with van der Waals surface area (Å²) in [6, 6.07) is 19.0. The zero-order valence-electron chi connectivity index (χ0n) is 19.2. The van der Waals surface area contributed by atoms with Gasteiger partial charge in [0, 0.05) is 12.1 Å². The quantitative estimate of drug-likeness (QED) is 0.485. The summed E-state index contributed by atoms with van der Waals surface area (Å²) in [5.74, 6) is 0.470. The number of benzene rings is 2. The lowest BCUT2D eigenvalue weighted by Crippen LogP contribution is -2.45. The summed E-state index contributed by atoms with van der Waals surface area (Å²) >= 11 is 0. The van der Waals surface area contributed by atoms with E-state index >= 15 is 0 Å². The van der Waals surface area contributed by atoms with Crippen LogP contribution in [-0.2, 0) is 11.0 Å². The van der Waals surface area contributed by atoms with Crippen LogP contribution in [0.3, 0.4) is 0 Å². The fourth-order valence-corrected chi connectivity index (χ4v) is 4.35. The normalized spacial score (nSPS) is 15.4. The van der Waals surface area contributed by atoms with Crippen LogP contribution in [0.15, 0.2) is 79.0 Å². The van der Waals surface area contributed by atoms with Gasteiger partial charge in [-0.15, -0.1) is 0 Å². The van der Waals surface area contributed by atoms with Gasteiger partial charge in [-0.1, -0.05) is 36.4 Å². The second kappa shape index (κ2) is 11.4. The monoisotopic (exact) mass is 483 g/mol. The van der Waals surface area contributed by atoms with Gasteiger partial charge < -0.3 is 15.0 Å². The van der Waals surface area contributed by atoms with Crippen LogP contribution in [0.4, 0.5) is 13.2 Å². The molecule has 1 fully saturated rings. The third kappa shape index (κ3) is 6.39. The van der Waals surface area contributed by atoms with Gasteiger partial charge in [0.1, 0.15) is 12.4 Å². The number of para-hydroxylation sites is 1. The van der Waals surface area contributed by atoms with Crippen molar-refractivity contribution in [2.45, 2.75) is 25.1 Å². The maximum absolute atomic E-state index is 13.8. The fraction of sp³-hybridized carbons (Fsp3) is 0.333. The lowest BCUT2D eigenvalue weighted by Gasteiger charge is -2.36. The van der Waals surface area contributed by atoms with E-state index in [4.69, 9.17) is 4.74 Å². The highest BCUT2D eigenvalue weighted by Gasteiger charge is 2.34. The van der Waals surface area contributed by atoms with Gasteiger partial charge in [0.25, 0.3) is 0 Å². The average Bonchev–Trinajstić information content (AvgIpc) is 2.89. The molecule has 0 saturated carbocycles. The van der Waals surface area contributed by atoms with Gasteiger partial charge in [-0.3, -0.25) is 9.78 Å². The molecule has 1 aliphatic rings. The van der Waals surface area contributed by atoms with Gasteiger partial charge in [0.15, 0.2) is 0 Å². The zero-order chi connectivity index (χ0) is 24.7. The van der Waals surface area contributed by atoms with Gasteiger partial charge in [-0.25, -0.2) is 0 Å². The van der Waals surface area contributed by atoms with E-state index < -0.39 is 17.8 Å². The van der Waals surface area contributed by atoms with Crippen molar-refractivity contribution in [2.75, 3.05) is 26.2 Å². The van der Waals surface area contributed by atoms with E-state index in [9.17, 15) is 18.0 Å². The number of carbonyl (C=O) groups is 1. The highest BCUT2D eigenvalue weighted by Crippen LogP contribution is 2.34. The summed E-state index contributed by atoms with van der Waals surface area (Å²) < 4.78 is 45.5. The molecule has 1 saturated heterocycles. The number of amides is 1. The zero-order valence-corrected chi connectivity index (χ0v) is 19.2. The van der Waals surface area contributed by atoms with Crippen LogP contribution >= 0.6 is 0 Å². The minimum Gasteiger partial charge on any atom is -0.492 e. The van der Waals surface area contributed by atoms with Crippen LogP contribution in [0.1, 0.15) is 35.7 Å². The SMILES string of the molecule is O=C(C1CCNCC1)N(CCOc1ccccc1)[C@@H](c1ccc(C(F)(F)F)cc1)c1ccccn1. The van der Waals surface area contributed by atoms with E-state index in [2.05, 4.69) is 10.3 Å². The van der Waals surface area contributed by atoms with Crippen molar-refractivity contribution in [2.24, 2.45) is 5.92 Å². The summed E-state index contributed by atoms with van der Waals surface area (Å²) in [6.07, 6.45) is -1.40. The molecule has 1 atom stereocenters. The Bertz CT molecular complexity index is 1070. The van der Waals surface area contributed by atoms with Crippen LogP contribution in [0.2, 0.25) is 0 Å². The molecule has 1 N–H and O–H groups in total. The van der Waals surface area contributed by atoms with Crippen molar-refractivity contribution in [3.63, 3.8) is 0 Å². The first-order valence-corrected chi connectivity index (χ1v) is 11.7. The molecule has 3 aromatic rings. The third-order valence-corrected chi connectivity index (χ3v) is 6.15. The summed E-state index contributed by atoms with van der Waals surface area (Å²) in [4.78, 5) is 20.0. The molecule has 35 heavy (non-hydrogen) atoms. The number of hydrogen-bond acceptors (Lipinski definition) is 4. The highest BCUT2D eigenvalue weighted by atomic mass is 19.4. The van der Waals surface area contributed by atoms with E-state index in [-0.39, 0.29) is 25.0 Å². The molecule has 4 rings (SSSR count).